The summed E-state index contributed by atoms with van der Waals surface area (Å²) in [5.41, 5.74) is 0.662. The van der Waals surface area contributed by atoms with Crippen LogP contribution >= 0.6 is 0 Å². The summed E-state index contributed by atoms with van der Waals surface area (Å²) in [4.78, 5) is 2.75. The van der Waals surface area contributed by atoms with Crippen molar-refractivity contribution in [1.82, 2.24) is 14.6 Å². The molecule has 0 spiro atoms. The van der Waals surface area contributed by atoms with Gasteiger partial charge >= 0.3 is 6.18 Å². The van der Waals surface area contributed by atoms with Gasteiger partial charge in [-0.3, -0.25) is 0 Å². The van der Waals surface area contributed by atoms with Crippen molar-refractivity contribution in [2.75, 3.05) is 20.1 Å². The van der Waals surface area contributed by atoms with Gasteiger partial charge in [-0.1, -0.05) is 6.92 Å². The van der Waals surface area contributed by atoms with Gasteiger partial charge in [-0.2, -0.15) is 13.2 Å². The number of sulfonamides is 1. The van der Waals surface area contributed by atoms with Gasteiger partial charge in [0.05, 0.1) is 11.3 Å². The first-order valence-electron chi connectivity index (χ1n) is 6.08. The van der Waals surface area contributed by atoms with Gasteiger partial charge in [-0.05, 0) is 12.6 Å². The molecule has 20 heavy (non-hydrogen) atoms. The van der Waals surface area contributed by atoms with Gasteiger partial charge in [-0.25, -0.2) is 12.7 Å². The standard InChI is InChI=1S/C11H18F3N3O2S/c1-3-15-7-9-6-10(8-16-9)20(18,19)17(2)5-4-11(12,13)14/h6,8,15-16H,3-5,7H2,1-2H3. The van der Waals surface area contributed by atoms with Crippen molar-refractivity contribution in [3.63, 3.8) is 0 Å². The quantitative estimate of drug-likeness (QED) is 0.805. The summed E-state index contributed by atoms with van der Waals surface area (Å²) in [7, 11) is -2.75. The minimum Gasteiger partial charge on any atom is -0.363 e. The molecule has 9 heteroatoms. The summed E-state index contributed by atoms with van der Waals surface area (Å²) < 4.78 is 61.2. The van der Waals surface area contributed by atoms with Crippen molar-refractivity contribution in [1.29, 1.82) is 0 Å². The number of H-pyrrole nitrogens is 1. The Morgan fingerprint density at radius 1 is 1.40 bits per heavy atom. The molecule has 0 unspecified atom stereocenters. The van der Waals surface area contributed by atoms with Crippen LogP contribution in [0.25, 0.3) is 0 Å². The van der Waals surface area contributed by atoms with E-state index in [1.165, 1.54) is 12.3 Å². The minimum absolute atomic E-state index is 0.0323. The molecule has 0 bridgehead atoms. The molecule has 0 aliphatic carbocycles. The number of halogens is 3. The van der Waals surface area contributed by atoms with Crippen molar-refractivity contribution < 1.29 is 21.6 Å². The zero-order valence-corrected chi connectivity index (χ0v) is 12.1. The lowest BCUT2D eigenvalue weighted by Gasteiger charge is -2.17. The van der Waals surface area contributed by atoms with E-state index in [1.54, 1.807) is 0 Å². The number of hydrogen-bond donors (Lipinski definition) is 2. The van der Waals surface area contributed by atoms with Crippen molar-refractivity contribution >= 4 is 10.0 Å². The molecule has 0 amide bonds. The molecular formula is C11H18F3N3O2S. The fourth-order valence-corrected chi connectivity index (χ4v) is 2.70. The van der Waals surface area contributed by atoms with Gasteiger partial charge in [0, 0.05) is 32.0 Å². The molecule has 5 nitrogen and oxygen atoms in total. The van der Waals surface area contributed by atoms with Crippen LogP contribution in [0.2, 0.25) is 0 Å². The largest absolute Gasteiger partial charge is 0.390 e. The van der Waals surface area contributed by atoms with Crippen LogP contribution in [-0.4, -0.2) is 44.0 Å². The molecule has 2 N–H and O–H groups in total. The SMILES string of the molecule is CCNCc1cc(S(=O)(=O)N(C)CCC(F)(F)F)c[nH]1. The zero-order valence-electron chi connectivity index (χ0n) is 11.3. The number of alkyl halides is 3. The van der Waals surface area contributed by atoms with Crippen LogP contribution in [0.4, 0.5) is 13.2 Å². The summed E-state index contributed by atoms with van der Waals surface area (Å²) in [5, 5.41) is 3.02. The van der Waals surface area contributed by atoms with E-state index in [0.29, 0.717) is 16.5 Å². The van der Waals surface area contributed by atoms with E-state index in [4.69, 9.17) is 0 Å². The highest BCUT2D eigenvalue weighted by Gasteiger charge is 2.30. The first-order valence-corrected chi connectivity index (χ1v) is 7.52. The van der Waals surface area contributed by atoms with E-state index in [9.17, 15) is 21.6 Å². The predicted molar refractivity (Wildman–Crippen MR) is 68.7 cm³/mol. The molecule has 0 fully saturated rings. The molecule has 0 saturated carbocycles. The second-order valence-electron chi connectivity index (χ2n) is 4.33. The Labute approximate surface area is 116 Å². The van der Waals surface area contributed by atoms with E-state index in [1.807, 2.05) is 6.92 Å². The lowest BCUT2D eigenvalue weighted by Crippen LogP contribution is -2.30. The molecule has 0 atom stereocenters. The van der Waals surface area contributed by atoms with Gasteiger partial charge in [-0.15, -0.1) is 0 Å². The average molecular weight is 313 g/mol. The van der Waals surface area contributed by atoms with Crippen LogP contribution in [0, 0.1) is 0 Å². The van der Waals surface area contributed by atoms with Gasteiger partial charge in [0.1, 0.15) is 0 Å². The van der Waals surface area contributed by atoms with E-state index in [0.717, 1.165) is 13.6 Å². The predicted octanol–water partition coefficient (Wildman–Crippen LogP) is 1.70. The Bertz CT molecular complexity index is 525. The average Bonchev–Trinajstić information content (AvgIpc) is 2.81. The number of aromatic amines is 1. The number of nitrogens with zero attached hydrogens (tertiary/aromatic N) is 1. The molecule has 1 heterocycles. The highest BCUT2D eigenvalue weighted by atomic mass is 32.2. The fraction of sp³-hybridized carbons (Fsp3) is 0.636. The van der Waals surface area contributed by atoms with E-state index in [2.05, 4.69) is 10.3 Å². The first kappa shape index (κ1) is 17.0. The Kier molecular flexibility index (Phi) is 5.60. The van der Waals surface area contributed by atoms with Crippen molar-refractivity contribution in [3.05, 3.63) is 18.0 Å². The molecule has 1 rings (SSSR count). The van der Waals surface area contributed by atoms with E-state index < -0.39 is 29.2 Å². The molecule has 0 aliphatic heterocycles. The Morgan fingerprint density at radius 3 is 2.60 bits per heavy atom. The molecule has 0 radical (unpaired) electrons. The summed E-state index contributed by atoms with van der Waals surface area (Å²) in [6.45, 7) is 2.51. The molecule has 0 aliphatic rings. The third kappa shape index (κ3) is 4.80. The molecule has 1 aromatic rings. The molecule has 0 saturated heterocycles. The Hall–Kier alpha value is -1.06. The van der Waals surface area contributed by atoms with Crippen molar-refractivity contribution in [2.45, 2.75) is 31.0 Å². The third-order valence-electron chi connectivity index (χ3n) is 2.70. The van der Waals surface area contributed by atoms with Crippen LogP contribution in [0.15, 0.2) is 17.2 Å². The lowest BCUT2D eigenvalue weighted by atomic mass is 10.4. The summed E-state index contributed by atoms with van der Waals surface area (Å²) in [6.07, 6.45) is -4.26. The fourth-order valence-electron chi connectivity index (χ4n) is 1.51. The number of nitrogens with one attached hydrogen (secondary N) is 2. The molecule has 116 valence electrons. The number of rotatable bonds is 7. The maximum Gasteiger partial charge on any atom is 0.390 e. The lowest BCUT2D eigenvalue weighted by molar-refractivity contribution is -0.135. The number of hydrogen-bond acceptors (Lipinski definition) is 3. The van der Waals surface area contributed by atoms with Gasteiger partial charge in [0.15, 0.2) is 0 Å². The minimum atomic E-state index is -4.38. The monoisotopic (exact) mass is 313 g/mol. The summed E-state index contributed by atoms with van der Waals surface area (Å²) >= 11 is 0. The second-order valence-corrected chi connectivity index (χ2v) is 6.38. The Morgan fingerprint density at radius 2 is 2.05 bits per heavy atom. The smallest absolute Gasteiger partial charge is 0.363 e. The van der Waals surface area contributed by atoms with Gasteiger partial charge in [0.2, 0.25) is 10.0 Å². The van der Waals surface area contributed by atoms with Gasteiger partial charge < -0.3 is 10.3 Å². The summed E-state index contributed by atoms with van der Waals surface area (Å²) in [6, 6.07) is 1.42. The number of aromatic nitrogens is 1. The molecule has 1 aromatic heterocycles. The topological polar surface area (TPSA) is 65.2 Å². The van der Waals surface area contributed by atoms with Crippen LogP contribution < -0.4 is 5.32 Å². The third-order valence-corrected chi connectivity index (χ3v) is 4.53. The van der Waals surface area contributed by atoms with Crippen molar-refractivity contribution in [2.24, 2.45) is 0 Å². The van der Waals surface area contributed by atoms with E-state index in [-0.39, 0.29) is 4.90 Å². The molecular weight excluding hydrogens is 295 g/mol. The maximum atomic E-state index is 12.1. The normalized spacial score (nSPS) is 13.1. The van der Waals surface area contributed by atoms with Crippen LogP contribution in [-0.2, 0) is 16.6 Å². The van der Waals surface area contributed by atoms with Crippen molar-refractivity contribution in [3.8, 4) is 0 Å². The van der Waals surface area contributed by atoms with E-state index >= 15 is 0 Å². The highest BCUT2D eigenvalue weighted by molar-refractivity contribution is 7.89. The second kappa shape index (κ2) is 6.59. The molecule has 0 aromatic carbocycles. The van der Waals surface area contributed by atoms with Gasteiger partial charge in [0.25, 0.3) is 0 Å². The van der Waals surface area contributed by atoms with Crippen LogP contribution in [0.1, 0.15) is 19.0 Å². The van der Waals surface area contributed by atoms with Crippen LogP contribution in [0.5, 0.6) is 0 Å². The van der Waals surface area contributed by atoms with Crippen LogP contribution in [0.3, 0.4) is 0 Å². The summed E-state index contributed by atoms with van der Waals surface area (Å²) in [5.74, 6) is 0. The highest BCUT2D eigenvalue weighted by Crippen LogP contribution is 2.22. The Balaban J connectivity index is 2.74. The first-order chi connectivity index (χ1) is 9.16. The zero-order chi connectivity index (χ0) is 15.4. The maximum absolute atomic E-state index is 12.1.